The van der Waals surface area contributed by atoms with Gasteiger partial charge in [0.1, 0.15) is 0 Å². The lowest BCUT2D eigenvalue weighted by atomic mass is 10.5. The van der Waals surface area contributed by atoms with Crippen LogP contribution in [0.15, 0.2) is 12.8 Å². The maximum atomic E-state index is 4.75. The molecular weight excluding hydrogens is 104 g/mol. The van der Waals surface area contributed by atoms with Gasteiger partial charge < -0.3 is 17.0 Å². The third-order valence-electron chi connectivity index (χ3n) is 0.440. The van der Waals surface area contributed by atoms with Crippen LogP contribution in [0.25, 0.3) is 0 Å². The summed E-state index contributed by atoms with van der Waals surface area (Å²) in [6, 6.07) is 0. The largest absolute Gasteiger partial charge is 0.502 e. The lowest BCUT2D eigenvalue weighted by Gasteiger charge is -1.90. The molecule has 0 aromatic heterocycles. The van der Waals surface area contributed by atoms with Crippen molar-refractivity contribution < 1.29 is 4.74 Å². The molecule has 0 radical (unpaired) electrons. The molecule has 3 nitrogen and oxygen atoms in total. The first kappa shape index (κ1) is 15.7. The Labute approximate surface area is 50.9 Å². The van der Waals surface area contributed by atoms with Crippen molar-refractivity contribution in [1.29, 1.82) is 0 Å². The Kier molecular flexibility index (Phi) is 31.5. The van der Waals surface area contributed by atoms with Gasteiger partial charge in [0.15, 0.2) is 0 Å². The van der Waals surface area contributed by atoms with Gasteiger partial charge in [-0.15, -0.1) is 0 Å². The molecule has 0 bridgehead atoms. The molecule has 0 fully saturated rings. The van der Waals surface area contributed by atoms with Crippen molar-refractivity contribution in [3.05, 3.63) is 12.8 Å². The highest BCUT2D eigenvalue weighted by Gasteiger charge is 1.68. The lowest BCUT2D eigenvalue weighted by molar-refractivity contribution is 0.251. The van der Waals surface area contributed by atoms with Gasteiger partial charge in [-0.1, -0.05) is 13.5 Å². The maximum absolute atomic E-state index is 4.75. The van der Waals surface area contributed by atoms with Crippen LogP contribution in [-0.2, 0) is 4.74 Å². The fourth-order valence-electron chi connectivity index (χ4n) is 0.201. The molecule has 0 aromatic carbocycles. The zero-order valence-electron chi connectivity index (χ0n) is 5.52. The van der Waals surface area contributed by atoms with Gasteiger partial charge in [0.2, 0.25) is 0 Å². The van der Waals surface area contributed by atoms with E-state index in [2.05, 4.69) is 13.5 Å². The first-order valence-electron chi connectivity index (χ1n) is 2.14. The Hall–Kier alpha value is -0.540. The fraction of sp³-hybridized carbons (Fsp3) is 0.600. The SMILES string of the molecule is C=COCCC.N.N. The van der Waals surface area contributed by atoms with Gasteiger partial charge >= 0.3 is 0 Å². The van der Waals surface area contributed by atoms with Gasteiger partial charge in [-0.2, -0.15) is 0 Å². The predicted octanol–water partition coefficient (Wildman–Crippen LogP) is 1.88. The van der Waals surface area contributed by atoms with E-state index in [9.17, 15) is 0 Å². The van der Waals surface area contributed by atoms with Gasteiger partial charge in [-0.3, -0.25) is 0 Å². The van der Waals surface area contributed by atoms with Gasteiger partial charge in [0, 0.05) is 0 Å². The van der Waals surface area contributed by atoms with Crippen LogP contribution in [0.3, 0.4) is 0 Å². The maximum Gasteiger partial charge on any atom is 0.0870 e. The van der Waals surface area contributed by atoms with E-state index in [1.54, 1.807) is 0 Å². The number of hydrogen-bond donors (Lipinski definition) is 2. The van der Waals surface area contributed by atoms with Gasteiger partial charge in [0.05, 0.1) is 12.9 Å². The molecular formula is C5H16N2O. The Morgan fingerprint density at radius 2 is 2.00 bits per heavy atom. The Balaban J connectivity index is -0.000000125. The van der Waals surface area contributed by atoms with Crippen molar-refractivity contribution in [2.45, 2.75) is 13.3 Å². The van der Waals surface area contributed by atoms with Gasteiger partial charge in [-0.05, 0) is 6.42 Å². The first-order chi connectivity index (χ1) is 2.91. The van der Waals surface area contributed by atoms with Crippen LogP contribution in [0.4, 0.5) is 0 Å². The molecule has 0 atom stereocenters. The molecule has 6 N–H and O–H groups in total. The lowest BCUT2D eigenvalue weighted by Crippen LogP contribution is -1.79. The van der Waals surface area contributed by atoms with Crippen LogP contribution in [0.2, 0.25) is 0 Å². The molecule has 0 aromatic rings. The highest BCUT2D eigenvalue weighted by Crippen LogP contribution is 1.76. The van der Waals surface area contributed by atoms with E-state index in [1.807, 2.05) is 0 Å². The van der Waals surface area contributed by atoms with Gasteiger partial charge in [0.25, 0.3) is 0 Å². The highest BCUT2D eigenvalue weighted by atomic mass is 16.5. The minimum atomic E-state index is 0. The molecule has 0 aliphatic heterocycles. The zero-order chi connectivity index (χ0) is 4.83. The average molecular weight is 120 g/mol. The van der Waals surface area contributed by atoms with Crippen LogP contribution >= 0.6 is 0 Å². The summed E-state index contributed by atoms with van der Waals surface area (Å²) in [5, 5.41) is 0. The smallest absolute Gasteiger partial charge is 0.0870 e. The van der Waals surface area contributed by atoms with E-state index in [0.29, 0.717) is 0 Å². The van der Waals surface area contributed by atoms with Crippen LogP contribution in [0.1, 0.15) is 13.3 Å². The van der Waals surface area contributed by atoms with Crippen LogP contribution in [-0.4, -0.2) is 6.61 Å². The van der Waals surface area contributed by atoms with Crippen molar-refractivity contribution in [3.8, 4) is 0 Å². The summed E-state index contributed by atoms with van der Waals surface area (Å²) < 4.78 is 4.75. The highest BCUT2D eigenvalue weighted by molar-refractivity contribution is 4.46. The van der Waals surface area contributed by atoms with Crippen molar-refractivity contribution in [2.24, 2.45) is 0 Å². The molecule has 0 aliphatic carbocycles. The summed E-state index contributed by atoms with van der Waals surface area (Å²) in [6.07, 6.45) is 2.52. The van der Waals surface area contributed by atoms with E-state index in [0.717, 1.165) is 13.0 Å². The number of rotatable bonds is 3. The monoisotopic (exact) mass is 120 g/mol. The third-order valence-corrected chi connectivity index (χ3v) is 0.440. The molecule has 0 aliphatic rings. The number of hydrogen-bond acceptors (Lipinski definition) is 3. The second-order valence-electron chi connectivity index (χ2n) is 1.04. The minimum Gasteiger partial charge on any atom is -0.502 e. The normalized spacial score (nSPS) is 5.62. The number of ether oxygens (including phenoxy) is 1. The molecule has 8 heavy (non-hydrogen) atoms. The fourth-order valence-corrected chi connectivity index (χ4v) is 0.201. The summed E-state index contributed by atoms with van der Waals surface area (Å²) in [7, 11) is 0. The first-order valence-corrected chi connectivity index (χ1v) is 2.14. The zero-order valence-corrected chi connectivity index (χ0v) is 5.52. The van der Waals surface area contributed by atoms with E-state index in [-0.39, 0.29) is 12.3 Å². The van der Waals surface area contributed by atoms with Gasteiger partial charge in [-0.25, -0.2) is 0 Å². The van der Waals surface area contributed by atoms with E-state index in [4.69, 9.17) is 4.74 Å². The van der Waals surface area contributed by atoms with Crippen molar-refractivity contribution >= 4 is 0 Å². The Bertz CT molecular complexity index is 39.4. The van der Waals surface area contributed by atoms with Crippen LogP contribution in [0, 0.1) is 0 Å². The average Bonchev–Trinajstić information content (AvgIpc) is 1.61. The molecule has 52 valence electrons. The quantitative estimate of drug-likeness (QED) is 0.441. The summed E-state index contributed by atoms with van der Waals surface area (Å²) in [6.45, 7) is 6.23. The van der Waals surface area contributed by atoms with E-state index in [1.165, 1.54) is 6.26 Å². The molecule has 0 heterocycles. The topological polar surface area (TPSA) is 79.2 Å². The summed E-state index contributed by atoms with van der Waals surface area (Å²) in [5.74, 6) is 0. The summed E-state index contributed by atoms with van der Waals surface area (Å²) in [4.78, 5) is 0. The van der Waals surface area contributed by atoms with Crippen LogP contribution < -0.4 is 12.3 Å². The third kappa shape index (κ3) is 17.9. The van der Waals surface area contributed by atoms with E-state index >= 15 is 0 Å². The van der Waals surface area contributed by atoms with Crippen molar-refractivity contribution in [1.82, 2.24) is 12.3 Å². The molecule has 0 spiro atoms. The molecule has 0 rings (SSSR count). The van der Waals surface area contributed by atoms with Crippen LogP contribution in [0.5, 0.6) is 0 Å². The second-order valence-corrected chi connectivity index (χ2v) is 1.04. The molecule has 0 saturated heterocycles. The summed E-state index contributed by atoms with van der Waals surface area (Å²) in [5.41, 5.74) is 0. The standard InChI is InChI=1S/C5H10O.2H3N/c1-3-5-6-4-2;;/h4H,2-3,5H2,1H3;2*1H3. The Morgan fingerprint density at radius 1 is 1.50 bits per heavy atom. The van der Waals surface area contributed by atoms with E-state index < -0.39 is 0 Å². The summed E-state index contributed by atoms with van der Waals surface area (Å²) >= 11 is 0. The predicted molar refractivity (Wildman–Crippen MR) is 36.5 cm³/mol. The molecule has 0 unspecified atom stereocenters. The molecule has 3 heteroatoms. The minimum absolute atomic E-state index is 0. The Morgan fingerprint density at radius 3 is 2.12 bits per heavy atom. The molecule has 0 amide bonds. The molecule has 0 saturated carbocycles. The second kappa shape index (κ2) is 16.1. The van der Waals surface area contributed by atoms with Crippen molar-refractivity contribution in [3.63, 3.8) is 0 Å². The van der Waals surface area contributed by atoms with Crippen molar-refractivity contribution in [2.75, 3.05) is 6.61 Å².